The molecule has 3 aromatic heterocycles. The van der Waals surface area contributed by atoms with Crippen molar-refractivity contribution in [3.63, 3.8) is 0 Å². The maximum atomic E-state index is 5.53. The van der Waals surface area contributed by atoms with Crippen LogP contribution < -0.4 is 4.90 Å². The van der Waals surface area contributed by atoms with Gasteiger partial charge in [0.15, 0.2) is 5.65 Å². The van der Waals surface area contributed by atoms with Crippen molar-refractivity contribution in [2.45, 2.75) is 26.8 Å². The van der Waals surface area contributed by atoms with Crippen molar-refractivity contribution in [1.29, 1.82) is 0 Å². The molecule has 1 aromatic carbocycles. The molecule has 1 aliphatic heterocycles. The first-order chi connectivity index (χ1) is 14.1. The molecule has 1 saturated heterocycles. The number of hydrogen-bond donors (Lipinski definition) is 1. The number of aromatic nitrogens is 5. The molecule has 0 bridgehead atoms. The number of hydrogen-bond acceptors (Lipinski definition) is 5. The van der Waals surface area contributed by atoms with E-state index in [0.717, 1.165) is 52.4 Å². The molecule has 1 N–H and O–H groups in total. The summed E-state index contributed by atoms with van der Waals surface area (Å²) >= 11 is 0. The first kappa shape index (κ1) is 18.1. The molecule has 7 heteroatoms. The Morgan fingerprint density at radius 3 is 2.69 bits per heavy atom. The Labute approximate surface area is 169 Å². The van der Waals surface area contributed by atoms with Crippen LogP contribution in [0.5, 0.6) is 0 Å². The molecule has 5 rings (SSSR count). The van der Waals surface area contributed by atoms with Crippen molar-refractivity contribution in [1.82, 2.24) is 24.5 Å². The highest BCUT2D eigenvalue weighted by Gasteiger charge is 2.23. The minimum atomic E-state index is 0.295. The summed E-state index contributed by atoms with van der Waals surface area (Å²) in [6.07, 6.45) is 3.88. The highest BCUT2D eigenvalue weighted by molar-refractivity contribution is 6.00. The van der Waals surface area contributed by atoms with Crippen molar-refractivity contribution < 1.29 is 4.74 Å². The van der Waals surface area contributed by atoms with Gasteiger partial charge in [0.1, 0.15) is 11.2 Å². The lowest BCUT2D eigenvalue weighted by atomic mass is 10.1. The van der Waals surface area contributed by atoms with E-state index in [1.807, 2.05) is 12.5 Å². The Balaban J connectivity index is 1.76. The molecule has 150 valence electrons. The molecule has 1 aliphatic rings. The number of nitrogens with one attached hydrogen (secondary N) is 1. The summed E-state index contributed by atoms with van der Waals surface area (Å²) in [4.78, 5) is 20.2. The first-order valence-electron chi connectivity index (χ1n) is 10.3. The molecule has 0 aliphatic carbocycles. The van der Waals surface area contributed by atoms with E-state index in [9.17, 15) is 0 Å². The molecule has 0 saturated carbocycles. The standard InChI is InChI=1S/C22H26N6O/c1-14(2)15(3)28-13-24-20-19(17-5-4-6-18-16(17)7-8-23-18)25-22(26-21(20)28)27-9-11-29-12-10-27/h4-8,13-15,23H,9-12H2,1-3H3. The van der Waals surface area contributed by atoms with Crippen LogP contribution in [0.3, 0.4) is 0 Å². The quantitative estimate of drug-likeness (QED) is 0.570. The second kappa shape index (κ2) is 7.15. The second-order valence-corrected chi connectivity index (χ2v) is 8.02. The van der Waals surface area contributed by atoms with Gasteiger partial charge in [0.05, 0.1) is 19.5 Å². The molecule has 1 fully saturated rings. The van der Waals surface area contributed by atoms with Gasteiger partial charge >= 0.3 is 0 Å². The minimum Gasteiger partial charge on any atom is -0.378 e. The van der Waals surface area contributed by atoms with Crippen LogP contribution in [0.25, 0.3) is 33.3 Å². The summed E-state index contributed by atoms with van der Waals surface area (Å²) in [6, 6.07) is 8.65. The Bertz CT molecular complexity index is 1150. The first-order valence-corrected chi connectivity index (χ1v) is 10.3. The Kier molecular flexibility index (Phi) is 4.47. The maximum absolute atomic E-state index is 5.53. The molecular weight excluding hydrogens is 364 g/mol. The van der Waals surface area contributed by atoms with Crippen LogP contribution in [-0.4, -0.2) is 50.8 Å². The summed E-state index contributed by atoms with van der Waals surface area (Å²) in [5.74, 6) is 1.23. The molecule has 29 heavy (non-hydrogen) atoms. The summed E-state index contributed by atoms with van der Waals surface area (Å²) in [5.41, 5.74) is 4.80. The summed E-state index contributed by atoms with van der Waals surface area (Å²) in [6.45, 7) is 9.66. The number of rotatable bonds is 4. The monoisotopic (exact) mass is 390 g/mol. The lowest BCUT2D eigenvalue weighted by Crippen LogP contribution is -2.37. The van der Waals surface area contributed by atoms with Gasteiger partial charge in [-0.05, 0) is 25.0 Å². The van der Waals surface area contributed by atoms with E-state index in [1.165, 1.54) is 0 Å². The van der Waals surface area contributed by atoms with Crippen LogP contribution in [0.1, 0.15) is 26.8 Å². The fourth-order valence-corrected chi connectivity index (χ4v) is 3.91. The van der Waals surface area contributed by atoms with Gasteiger partial charge in [-0.2, -0.15) is 4.98 Å². The second-order valence-electron chi connectivity index (χ2n) is 8.02. The van der Waals surface area contributed by atoms with Gasteiger partial charge in [-0.15, -0.1) is 0 Å². The third kappa shape index (κ3) is 3.06. The lowest BCUT2D eigenvalue weighted by molar-refractivity contribution is 0.122. The Morgan fingerprint density at radius 2 is 1.90 bits per heavy atom. The van der Waals surface area contributed by atoms with Gasteiger partial charge in [-0.3, -0.25) is 0 Å². The highest BCUT2D eigenvalue weighted by atomic mass is 16.5. The zero-order valence-electron chi connectivity index (χ0n) is 17.1. The average molecular weight is 390 g/mol. The number of imidazole rings is 1. The molecule has 4 aromatic rings. The Hall–Kier alpha value is -2.93. The summed E-state index contributed by atoms with van der Waals surface area (Å²) in [5, 5.41) is 1.15. The predicted octanol–water partition coefficient (Wildman–Crippen LogP) is 4.03. The van der Waals surface area contributed by atoms with E-state index in [4.69, 9.17) is 19.7 Å². The van der Waals surface area contributed by atoms with E-state index < -0.39 is 0 Å². The summed E-state index contributed by atoms with van der Waals surface area (Å²) in [7, 11) is 0. The number of H-pyrrole nitrogens is 1. The van der Waals surface area contributed by atoms with Crippen molar-refractivity contribution in [2.75, 3.05) is 31.2 Å². The van der Waals surface area contributed by atoms with Crippen molar-refractivity contribution in [3.8, 4) is 11.3 Å². The number of anilines is 1. The number of nitrogens with zero attached hydrogens (tertiary/aromatic N) is 5. The molecule has 7 nitrogen and oxygen atoms in total. The molecule has 0 spiro atoms. The van der Waals surface area contributed by atoms with Crippen LogP contribution in [0.15, 0.2) is 36.8 Å². The predicted molar refractivity (Wildman–Crippen MR) is 115 cm³/mol. The van der Waals surface area contributed by atoms with Crippen molar-refractivity contribution >= 4 is 28.0 Å². The lowest BCUT2D eigenvalue weighted by Gasteiger charge is -2.27. The van der Waals surface area contributed by atoms with E-state index in [-0.39, 0.29) is 0 Å². The van der Waals surface area contributed by atoms with Gasteiger partial charge in [-0.1, -0.05) is 26.0 Å². The van der Waals surface area contributed by atoms with E-state index >= 15 is 0 Å². The topological polar surface area (TPSA) is 71.9 Å². The van der Waals surface area contributed by atoms with Crippen LogP contribution >= 0.6 is 0 Å². The number of aromatic amines is 1. The van der Waals surface area contributed by atoms with Gasteiger partial charge in [0.2, 0.25) is 5.95 Å². The van der Waals surface area contributed by atoms with Gasteiger partial charge < -0.3 is 19.2 Å². The average Bonchev–Trinajstić information content (AvgIpc) is 3.40. The normalized spacial score (nSPS) is 16.2. The molecular formula is C22H26N6O. The highest BCUT2D eigenvalue weighted by Crippen LogP contribution is 2.34. The van der Waals surface area contributed by atoms with Crippen molar-refractivity contribution in [2.24, 2.45) is 5.92 Å². The van der Waals surface area contributed by atoms with Gasteiger partial charge in [-0.25, -0.2) is 9.97 Å². The van der Waals surface area contributed by atoms with Crippen LogP contribution in [0.2, 0.25) is 0 Å². The van der Waals surface area contributed by atoms with E-state index in [0.29, 0.717) is 25.2 Å². The van der Waals surface area contributed by atoms with Gasteiger partial charge in [0, 0.05) is 41.8 Å². The molecule has 0 amide bonds. The third-order valence-corrected chi connectivity index (χ3v) is 5.96. The smallest absolute Gasteiger partial charge is 0.228 e. The van der Waals surface area contributed by atoms with Crippen LogP contribution in [-0.2, 0) is 4.74 Å². The fourth-order valence-electron chi connectivity index (χ4n) is 3.91. The van der Waals surface area contributed by atoms with Crippen molar-refractivity contribution in [3.05, 3.63) is 36.8 Å². The molecule has 4 heterocycles. The summed E-state index contributed by atoms with van der Waals surface area (Å²) < 4.78 is 7.72. The number of fused-ring (bicyclic) bond motifs is 2. The molecule has 0 radical (unpaired) electrons. The molecule has 1 unspecified atom stereocenters. The number of morpholine rings is 1. The maximum Gasteiger partial charge on any atom is 0.228 e. The van der Waals surface area contributed by atoms with Crippen LogP contribution in [0.4, 0.5) is 5.95 Å². The number of benzene rings is 1. The largest absolute Gasteiger partial charge is 0.378 e. The van der Waals surface area contributed by atoms with Gasteiger partial charge in [0.25, 0.3) is 0 Å². The van der Waals surface area contributed by atoms with Crippen LogP contribution in [0, 0.1) is 5.92 Å². The minimum absolute atomic E-state index is 0.295. The van der Waals surface area contributed by atoms with E-state index in [2.05, 4.69) is 59.5 Å². The molecule has 1 atom stereocenters. The zero-order chi connectivity index (χ0) is 20.0. The fraction of sp³-hybridized carbons (Fsp3) is 0.409. The Morgan fingerprint density at radius 1 is 1.07 bits per heavy atom. The zero-order valence-corrected chi connectivity index (χ0v) is 17.1. The SMILES string of the molecule is CC(C)C(C)n1cnc2c(-c3cccc4[nH]ccc34)nc(N3CCOCC3)nc21. The number of ether oxygens (including phenoxy) is 1. The van der Waals surface area contributed by atoms with E-state index in [1.54, 1.807) is 0 Å². The third-order valence-electron chi connectivity index (χ3n) is 5.96.